The number of methoxy groups -OCH3 is 1. The first kappa shape index (κ1) is 20.7. The van der Waals surface area contributed by atoms with Crippen molar-refractivity contribution in [3.05, 3.63) is 95.6 Å². The van der Waals surface area contributed by atoms with Crippen LogP contribution in [0.25, 0.3) is 0 Å². The van der Waals surface area contributed by atoms with Gasteiger partial charge in [0.25, 0.3) is 5.91 Å². The highest BCUT2D eigenvalue weighted by Gasteiger charge is 2.23. The molecule has 0 unspecified atom stereocenters. The van der Waals surface area contributed by atoms with Gasteiger partial charge in [0.2, 0.25) is 5.91 Å². The van der Waals surface area contributed by atoms with E-state index >= 15 is 0 Å². The number of hydrogen-bond acceptors (Lipinski definition) is 3. The van der Waals surface area contributed by atoms with Gasteiger partial charge >= 0.3 is 0 Å². The fourth-order valence-electron chi connectivity index (χ4n) is 3.44. The summed E-state index contributed by atoms with van der Waals surface area (Å²) in [5.74, 6) is 0.577. The smallest absolute Gasteiger partial charge is 0.258 e. The minimum absolute atomic E-state index is 0.0452. The summed E-state index contributed by atoms with van der Waals surface area (Å²) >= 11 is 0. The Morgan fingerprint density at radius 2 is 1.68 bits per heavy atom. The van der Waals surface area contributed by atoms with Gasteiger partial charge in [-0.25, -0.2) is 0 Å². The molecule has 0 saturated heterocycles. The lowest BCUT2D eigenvalue weighted by atomic mass is 10.1. The van der Waals surface area contributed by atoms with Crippen molar-refractivity contribution in [2.45, 2.75) is 31.8 Å². The first-order valence-corrected chi connectivity index (χ1v) is 10.5. The molecule has 5 nitrogen and oxygen atoms in total. The third-order valence-electron chi connectivity index (χ3n) is 5.30. The number of ether oxygens (including phenoxy) is 1. The van der Waals surface area contributed by atoms with E-state index in [0.717, 1.165) is 29.7 Å². The third kappa shape index (κ3) is 5.51. The predicted molar refractivity (Wildman–Crippen MR) is 121 cm³/mol. The standard InChI is InChI=1S/C26H26N2O3/c1-31-24-9-5-8-21(17-24)26(30)28(18-20-6-3-2-4-7-20)23-14-10-19(11-15-23)16-25(29)27-22-12-13-22/h2-11,14-15,17,22H,12-13,16,18H2,1H3,(H,27,29). The van der Waals surface area contributed by atoms with E-state index in [-0.39, 0.29) is 11.8 Å². The second-order valence-electron chi connectivity index (χ2n) is 7.79. The second-order valence-corrected chi connectivity index (χ2v) is 7.79. The summed E-state index contributed by atoms with van der Waals surface area (Å²) < 4.78 is 5.28. The number of rotatable bonds is 8. The quantitative estimate of drug-likeness (QED) is 0.596. The highest BCUT2D eigenvalue weighted by molar-refractivity contribution is 6.06. The van der Waals surface area contributed by atoms with E-state index in [9.17, 15) is 9.59 Å². The maximum Gasteiger partial charge on any atom is 0.258 e. The minimum Gasteiger partial charge on any atom is -0.497 e. The molecular weight excluding hydrogens is 388 g/mol. The molecule has 0 aromatic heterocycles. The molecule has 0 aliphatic heterocycles. The second kappa shape index (κ2) is 9.47. The van der Waals surface area contributed by atoms with Crippen molar-refractivity contribution in [2.75, 3.05) is 12.0 Å². The van der Waals surface area contributed by atoms with Gasteiger partial charge in [-0.05, 0) is 54.3 Å². The van der Waals surface area contributed by atoms with Crippen molar-refractivity contribution >= 4 is 17.5 Å². The normalized spacial score (nSPS) is 12.8. The number of carbonyl (C=O) groups is 2. The van der Waals surface area contributed by atoms with Crippen LogP contribution in [-0.4, -0.2) is 25.0 Å². The summed E-state index contributed by atoms with van der Waals surface area (Å²) in [5, 5.41) is 3.01. The third-order valence-corrected chi connectivity index (χ3v) is 5.30. The van der Waals surface area contributed by atoms with Gasteiger partial charge < -0.3 is 15.0 Å². The summed E-state index contributed by atoms with van der Waals surface area (Å²) in [4.78, 5) is 27.3. The number of amides is 2. The molecule has 1 saturated carbocycles. The van der Waals surface area contributed by atoms with Gasteiger partial charge in [-0.15, -0.1) is 0 Å². The van der Waals surface area contributed by atoms with Gasteiger partial charge in [0.15, 0.2) is 0 Å². The lowest BCUT2D eigenvalue weighted by Gasteiger charge is -2.24. The Kier molecular flexibility index (Phi) is 6.32. The molecule has 0 heterocycles. The maximum absolute atomic E-state index is 13.4. The largest absolute Gasteiger partial charge is 0.497 e. The molecule has 5 heteroatoms. The molecule has 4 rings (SSSR count). The summed E-state index contributed by atoms with van der Waals surface area (Å²) in [7, 11) is 1.59. The van der Waals surface area contributed by atoms with Crippen LogP contribution in [0.5, 0.6) is 5.75 Å². The molecule has 0 radical (unpaired) electrons. The SMILES string of the molecule is COc1cccc(C(=O)N(Cc2ccccc2)c2ccc(CC(=O)NC3CC3)cc2)c1. The molecule has 158 valence electrons. The summed E-state index contributed by atoms with van der Waals surface area (Å²) in [6.07, 6.45) is 2.50. The average Bonchev–Trinajstić information content (AvgIpc) is 3.62. The van der Waals surface area contributed by atoms with Crippen LogP contribution in [0.3, 0.4) is 0 Å². The van der Waals surface area contributed by atoms with Crippen LogP contribution in [0.15, 0.2) is 78.9 Å². The van der Waals surface area contributed by atoms with E-state index in [0.29, 0.717) is 30.3 Å². The van der Waals surface area contributed by atoms with E-state index in [4.69, 9.17) is 4.74 Å². The molecule has 1 N–H and O–H groups in total. The highest BCUT2D eigenvalue weighted by atomic mass is 16.5. The number of carbonyl (C=O) groups excluding carboxylic acids is 2. The topological polar surface area (TPSA) is 58.6 Å². The monoisotopic (exact) mass is 414 g/mol. The average molecular weight is 415 g/mol. The summed E-state index contributed by atoms with van der Waals surface area (Å²) in [6, 6.07) is 25.1. The zero-order valence-electron chi connectivity index (χ0n) is 17.6. The fourth-order valence-corrected chi connectivity index (χ4v) is 3.44. The summed E-state index contributed by atoms with van der Waals surface area (Å²) in [5.41, 5.74) is 3.30. The molecule has 1 aliphatic rings. The van der Waals surface area contributed by atoms with Crippen molar-refractivity contribution in [3.8, 4) is 5.75 Å². The molecule has 1 aliphatic carbocycles. The first-order chi connectivity index (χ1) is 15.1. The molecule has 3 aromatic rings. The number of nitrogens with zero attached hydrogens (tertiary/aromatic N) is 1. The lowest BCUT2D eigenvalue weighted by Crippen LogP contribution is -2.30. The lowest BCUT2D eigenvalue weighted by molar-refractivity contribution is -0.120. The van der Waals surface area contributed by atoms with Crippen molar-refractivity contribution in [1.29, 1.82) is 0 Å². The number of hydrogen-bond donors (Lipinski definition) is 1. The van der Waals surface area contributed by atoms with Crippen LogP contribution in [-0.2, 0) is 17.8 Å². The molecule has 0 bridgehead atoms. The molecule has 2 amide bonds. The Balaban J connectivity index is 1.57. The Morgan fingerprint density at radius 1 is 0.935 bits per heavy atom. The minimum atomic E-state index is -0.109. The van der Waals surface area contributed by atoms with Gasteiger partial charge in [-0.1, -0.05) is 48.5 Å². The Bertz CT molecular complexity index is 1040. The molecule has 0 spiro atoms. The molecule has 3 aromatic carbocycles. The van der Waals surface area contributed by atoms with Crippen LogP contribution < -0.4 is 15.0 Å². The molecule has 31 heavy (non-hydrogen) atoms. The van der Waals surface area contributed by atoms with Crippen LogP contribution >= 0.6 is 0 Å². The Morgan fingerprint density at radius 3 is 2.35 bits per heavy atom. The first-order valence-electron chi connectivity index (χ1n) is 10.5. The van der Waals surface area contributed by atoms with E-state index in [1.54, 1.807) is 24.1 Å². The van der Waals surface area contributed by atoms with E-state index in [2.05, 4.69) is 5.32 Å². The van der Waals surface area contributed by atoms with Crippen LogP contribution in [0.4, 0.5) is 5.69 Å². The van der Waals surface area contributed by atoms with Crippen LogP contribution in [0.1, 0.15) is 34.3 Å². The Hall–Kier alpha value is -3.60. The molecule has 0 atom stereocenters. The van der Waals surface area contributed by atoms with Crippen molar-refractivity contribution in [2.24, 2.45) is 0 Å². The maximum atomic E-state index is 13.4. The van der Waals surface area contributed by atoms with Crippen molar-refractivity contribution in [1.82, 2.24) is 5.32 Å². The highest BCUT2D eigenvalue weighted by Crippen LogP contribution is 2.23. The van der Waals surface area contributed by atoms with Crippen LogP contribution in [0.2, 0.25) is 0 Å². The number of nitrogens with one attached hydrogen (secondary N) is 1. The predicted octanol–water partition coefficient (Wildman–Crippen LogP) is 4.36. The van der Waals surface area contributed by atoms with Gasteiger partial charge in [0.05, 0.1) is 20.1 Å². The van der Waals surface area contributed by atoms with Gasteiger partial charge in [-0.2, -0.15) is 0 Å². The summed E-state index contributed by atoms with van der Waals surface area (Å²) in [6.45, 7) is 0.443. The van der Waals surface area contributed by atoms with Crippen molar-refractivity contribution in [3.63, 3.8) is 0 Å². The van der Waals surface area contributed by atoms with Gasteiger partial charge in [-0.3, -0.25) is 9.59 Å². The van der Waals surface area contributed by atoms with Crippen LogP contribution in [0, 0.1) is 0 Å². The van der Waals surface area contributed by atoms with E-state index in [1.165, 1.54) is 0 Å². The molecule has 1 fully saturated rings. The zero-order chi connectivity index (χ0) is 21.6. The molecular formula is C26H26N2O3. The van der Waals surface area contributed by atoms with Gasteiger partial charge in [0, 0.05) is 17.3 Å². The van der Waals surface area contributed by atoms with Crippen molar-refractivity contribution < 1.29 is 14.3 Å². The fraction of sp³-hybridized carbons (Fsp3) is 0.231. The number of benzene rings is 3. The van der Waals surface area contributed by atoms with E-state index < -0.39 is 0 Å². The van der Waals surface area contributed by atoms with E-state index in [1.807, 2.05) is 66.7 Å². The van der Waals surface area contributed by atoms with Gasteiger partial charge in [0.1, 0.15) is 5.75 Å². The number of anilines is 1. The Labute approximate surface area is 182 Å². The zero-order valence-corrected chi connectivity index (χ0v) is 17.6.